The van der Waals surface area contributed by atoms with Crippen LogP contribution in [0, 0.1) is 18.3 Å². The molecular weight excluding hydrogens is 174 g/mol. The SMILES string of the molecule is CC.CC(=O)c1cc(C#N)ccc1C. The van der Waals surface area contributed by atoms with Gasteiger partial charge < -0.3 is 0 Å². The number of carbonyl (C=O) groups excluding carboxylic acids is 1. The minimum absolute atomic E-state index is 0.00426. The van der Waals surface area contributed by atoms with Crippen LogP contribution in [0.3, 0.4) is 0 Å². The molecule has 0 spiro atoms. The van der Waals surface area contributed by atoms with Gasteiger partial charge in [-0.25, -0.2) is 0 Å². The van der Waals surface area contributed by atoms with Gasteiger partial charge in [0.05, 0.1) is 11.6 Å². The summed E-state index contributed by atoms with van der Waals surface area (Å²) in [5.41, 5.74) is 2.08. The predicted octanol–water partition coefficient (Wildman–Crippen LogP) is 3.10. The summed E-state index contributed by atoms with van der Waals surface area (Å²) in [7, 11) is 0. The Morgan fingerprint density at radius 3 is 2.36 bits per heavy atom. The zero-order valence-electron chi connectivity index (χ0n) is 9.09. The molecular formula is C12H15NO. The Hall–Kier alpha value is -1.62. The van der Waals surface area contributed by atoms with Gasteiger partial charge in [-0.15, -0.1) is 0 Å². The Kier molecular flexibility index (Phi) is 5.24. The van der Waals surface area contributed by atoms with Crippen molar-refractivity contribution < 1.29 is 4.79 Å². The zero-order valence-corrected chi connectivity index (χ0v) is 9.09. The maximum atomic E-state index is 11.0. The van der Waals surface area contributed by atoms with Crippen molar-refractivity contribution in [2.75, 3.05) is 0 Å². The van der Waals surface area contributed by atoms with Crippen LogP contribution in [-0.2, 0) is 0 Å². The van der Waals surface area contributed by atoms with E-state index in [2.05, 4.69) is 0 Å². The van der Waals surface area contributed by atoms with Crippen LogP contribution in [0.1, 0.15) is 42.3 Å². The highest BCUT2D eigenvalue weighted by Gasteiger charge is 2.03. The number of ketones is 1. The van der Waals surface area contributed by atoms with Crippen LogP contribution in [0.2, 0.25) is 0 Å². The number of aryl methyl sites for hydroxylation is 1. The molecule has 0 saturated heterocycles. The first kappa shape index (κ1) is 12.4. The van der Waals surface area contributed by atoms with Gasteiger partial charge in [0.15, 0.2) is 5.78 Å². The second-order valence-electron chi connectivity index (χ2n) is 2.70. The fourth-order valence-corrected chi connectivity index (χ4v) is 1.07. The lowest BCUT2D eigenvalue weighted by molar-refractivity contribution is 0.101. The molecule has 0 N–H and O–H groups in total. The van der Waals surface area contributed by atoms with E-state index in [0.29, 0.717) is 11.1 Å². The number of nitrogens with zero attached hydrogens (tertiary/aromatic N) is 1. The van der Waals surface area contributed by atoms with Crippen LogP contribution in [-0.4, -0.2) is 5.78 Å². The average Bonchev–Trinajstić information content (AvgIpc) is 2.21. The van der Waals surface area contributed by atoms with Crippen LogP contribution in [0.25, 0.3) is 0 Å². The second kappa shape index (κ2) is 5.93. The number of hydrogen-bond acceptors (Lipinski definition) is 2. The molecule has 1 aromatic carbocycles. The molecule has 1 aromatic rings. The van der Waals surface area contributed by atoms with Crippen molar-refractivity contribution in [2.24, 2.45) is 0 Å². The molecule has 0 bridgehead atoms. The van der Waals surface area contributed by atoms with Crippen LogP contribution >= 0.6 is 0 Å². The monoisotopic (exact) mass is 189 g/mol. The molecule has 0 aliphatic rings. The number of Topliss-reactive ketones (excluding diaryl/α,β-unsaturated/α-hetero) is 1. The standard InChI is InChI=1S/C10H9NO.C2H6/c1-7-3-4-9(6-11)5-10(7)8(2)12;1-2/h3-5H,1-2H3;1-2H3. The van der Waals surface area contributed by atoms with Gasteiger partial charge in [0, 0.05) is 5.56 Å². The van der Waals surface area contributed by atoms with E-state index in [1.807, 2.05) is 26.8 Å². The van der Waals surface area contributed by atoms with E-state index in [-0.39, 0.29) is 5.78 Å². The van der Waals surface area contributed by atoms with E-state index in [1.54, 1.807) is 18.2 Å². The highest BCUT2D eigenvalue weighted by atomic mass is 16.1. The number of nitriles is 1. The van der Waals surface area contributed by atoms with Crippen LogP contribution in [0.5, 0.6) is 0 Å². The van der Waals surface area contributed by atoms with E-state index >= 15 is 0 Å². The molecule has 74 valence electrons. The van der Waals surface area contributed by atoms with Crippen LogP contribution in [0.4, 0.5) is 0 Å². The van der Waals surface area contributed by atoms with Gasteiger partial charge in [-0.1, -0.05) is 19.9 Å². The number of carbonyl (C=O) groups is 1. The van der Waals surface area contributed by atoms with E-state index in [4.69, 9.17) is 5.26 Å². The molecule has 2 heteroatoms. The molecule has 0 atom stereocenters. The van der Waals surface area contributed by atoms with Gasteiger partial charge in [-0.2, -0.15) is 5.26 Å². The van der Waals surface area contributed by atoms with Crippen LogP contribution < -0.4 is 0 Å². The lowest BCUT2D eigenvalue weighted by Gasteiger charge is -2.00. The molecule has 0 aromatic heterocycles. The Bertz CT molecular complexity index is 361. The van der Waals surface area contributed by atoms with Crippen molar-refractivity contribution in [1.82, 2.24) is 0 Å². The van der Waals surface area contributed by atoms with E-state index in [1.165, 1.54) is 6.92 Å². The molecule has 0 unspecified atom stereocenters. The smallest absolute Gasteiger partial charge is 0.160 e. The average molecular weight is 189 g/mol. The zero-order chi connectivity index (χ0) is 11.1. The van der Waals surface area contributed by atoms with Crippen molar-refractivity contribution >= 4 is 5.78 Å². The quantitative estimate of drug-likeness (QED) is 0.637. The van der Waals surface area contributed by atoms with Crippen molar-refractivity contribution in [2.45, 2.75) is 27.7 Å². The second-order valence-corrected chi connectivity index (χ2v) is 2.70. The summed E-state index contributed by atoms with van der Waals surface area (Å²) in [5.74, 6) is 0.00426. The van der Waals surface area contributed by atoms with E-state index < -0.39 is 0 Å². The molecule has 0 fully saturated rings. The fraction of sp³-hybridized carbons (Fsp3) is 0.333. The maximum absolute atomic E-state index is 11.0. The summed E-state index contributed by atoms with van der Waals surface area (Å²) in [6.45, 7) is 7.36. The number of hydrogen-bond donors (Lipinski definition) is 0. The molecule has 1 rings (SSSR count). The first-order valence-corrected chi connectivity index (χ1v) is 4.67. The van der Waals surface area contributed by atoms with Crippen molar-refractivity contribution in [3.05, 3.63) is 34.9 Å². The fourth-order valence-electron chi connectivity index (χ4n) is 1.07. The van der Waals surface area contributed by atoms with Gasteiger partial charge >= 0.3 is 0 Å². The third-order valence-electron chi connectivity index (χ3n) is 1.75. The molecule has 0 aliphatic heterocycles. The van der Waals surface area contributed by atoms with Gasteiger partial charge in [-0.05, 0) is 31.5 Å². The molecule has 2 nitrogen and oxygen atoms in total. The summed E-state index contributed by atoms with van der Waals surface area (Å²) >= 11 is 0. The largest absolute Gasteiger partial charge is 0.295 e. The van der Waals surface area contributed by atoms with Gasteiger partial charge in [-0.3, -0.25) is 4.79 Å². The molecule has 0 radical (unpaired) electrons. The normalized spacial score (nSPS) is 8.21. The highest BCUT2D eigenvalue weighted by molar-refractivity contribution is 5.95. The summed E-state index contributed by atoms with van der Waals surface area (Å²) in [6, 6.07) is 7.12. The number of benzene rings is 1. The molecule has 14 heavy (non-hydrogen) atoms. The Labute approximate surface area is 85.2 Å². The van der Waals surface area contributed by atoms with E-state index in [9.17, 15) is 4.79 Å². The van der Waals surface area contributed by atoms with Gasteiger partial charge in [0.25, 0.3) is 0 Å². The van der Waals surface area contributed by atoms with Gasteiger partial charge in [0.2, 0.25) is 0 Å². The van der Waals surface area contributed by atoms with Crippen molar-refractivity contribution in [3.8, 4) is 6.07 Å². The minimum Gasteiger partial charge on any atom is -0.295 e. The summed E-state index contributed by atoms with van der Waals surface area (Å²) in [4.78, 5) is 11.0. The first-order valence-electron chi connectivity index (χ1n) is 4.67. The predicted molar refractivity (Wildman–Crippen MR) is 57.2 cm³/mol. The summed E-state index contributed by atoms with van der Waals surface area (Å²) < 4.78 is 0. The summed E-state index contributed by atoms with van der Waals surface area (Å²) in [5, 5.41) is 8.57. The topological polar surface area (TPSA) is 40.9 Å². The third kappa shape index (κ3) is 3.02. The lowest BCUT2D eigenvalue weighted by atomic mass is 10.0. The molecule has 0 aliphatic carbocycles. The van der Waals surface area contributed by atoms with Crippen molar-refractivity contribution in [3.63, 3.8) is 0 Å². The summed E-state index contributed by atoms with van der Waals surface area (Å²) in [6.07, 6.45) is 0. The maximum Gasteiger partial charge on any atom is 0.160 e. The lowest BCUT2D eigenvalue weighted by Crippen LogP contribution is -1.96. The molecule has 0 amide bonds. The van der Waals surface area contributed by atoms with Crippen LogP contribution in [0.15, 0.2) is 18.2 Å². The minimum atomic E-state index is 0.00426. The first-order chi connectivity index (χ1) is 6.65. The third-order valence-corrected chi connectivity index (χ3v) is 1.75. The highest BCUT2D eigenvalue weighted by Crippen LogP contribution is 2.10. The Morgan fingerprint density at radius 2 is 1.93 bits per heavy atom. The Morgan fingerprint density at radius 1 is 1.36 bits per heavy atom. The Balaban J connectivity index is 0.000000791. The molecule has 0 heterocycles. The molecule has 0 saturated carbocycles. The van der Waals surface area contributed by atoms with Crippen molar-refractivity contribution in [1.29, 1.82) is 5.26 Å². The van der Waals surface area contributed by atoms with Gasteiger partial charge in [0.1, 0.15) is 0 Å². The van der Waals surface area contributed by atoms with E-state index in [0.717, 1.165) is 5.56 Å². The number of rotatable bonds is 1.